The van der Waals surface area contributed by atoms with Crippen LogP contribution < -0.4 is 0 Å². The molecule has 0 bridgehead atoms. The molecule has 28 heavy (non-hydrogen) atoms. The summed E-state index contributed by atoms with van der Waals surface area (Å²) in [6.45, 7) is 31.3. The van der Waals surface area contributed by atoms with Gasteiger partial charge in [0.25, 0.3) is 0 Å². The molecule has 0 heterocycles. The highest BCUT2D eigenvalue weighted by atomic mass is 28.4. The van der Waals surface area contributed by atoms with Crippen molar-refractivity contribution in [3.63, 3.8) is 0 Å². The van der Waals surface area contributed by atoms with Crippen LogP contribution in [-0.2, 0) is 4.43 Å². The summed E-state index contributed by atoms with van der Waals surface area (Å²) in [5, 5.41) is 0.196. The van der Waals surface area contributed by atoms with E-state index in [1.165, 1.54) is 0 Å². The van der Waals surface area contributed by atoms with Gasteiger partial charge >= 0.3 is 0 Å². The van der Waals surface area contributed by atoms with E-state index in [4.69, 9.17) is 4.43 Å². The van der Waals surface area contributed by atoms with Gasteiger partial charge in [0.15, 0.2) is 8.32 Å². The van der Waals surface area contributed by atoms with Crippen LogP contribution in [0.1, 0.15) is 34.1 Å². The molecule has 0 aliphatic carbocycles. The molecule has 0 aliphatic heterocycles. The molecular weight excluding hydrogens is 389 g/mol. The molecule has 0 aromatic rings. The van der Waals surface area contributed by atoms with Crippen molar-refractivity contribution in [2.45, 2.75) is 97.6 Å². The van der Waals surface area contributed by atoms with E-state index in [-0.39, 0.29) is 17.1 Å². The summed E-state index contributed by atoms with van der Waals surface area (Å²) in [6, 6.07) is 0. The van der Waals surface area contributed by atoms with Crippen LogP contribution in [0.2, 0.25) is 57.4 Å². The Morgan fingerprint density at radius 1 is 0.929 bits per heavy atom. The molecule has 0 spiro atoms. The van der Waals surface area contributed by atoms with Gasteiger partial charge in [0.05, 0.1) is 5.57 Å². The monoisotopic (exact) mass is 432 g/mol. The Labute approximate surface area is 179 Å². The van der Waals surface area contributed by atoms with E-state index < -0.39 is 24.5 Å². The third kappa shape index (κ3) is 11.3. The lowest BCUT2D eigenvalue weighted by molar-refractivity contribution is 0.157. The summed E-state index contributed by atoms with van der Waals surface area (Å²) in [5.41, 5.74) is 7.95. The molecule has 0 aromatic heterocycles. The second-order valence-electron chi connectivity index (χ2n) is 11.4. The second kappa shape index (κ2) is 10.3. The first-order valence-corrected chi connectivity index (χ1v) is 20.4. The molecule has 0 N–H and O–H groups in total. The third-order valence-corrected chi connectivity index (χ3v) is 11.2. The van der Waals surface area contributed by atoms with E-state index >= 15 is 0 Å². The number of hydrogen-bond acceptors (Lipinski definition) is 1. The third-order valence-electron chi connectivity index (χ3n) is 4.85. The fourth-order valence-electron chi connectivity index (χ4n) is 2.15. The Bertz CT molecular complexity index is 640. The molecule has 4 heteroatoms. The van der Waals surface area contributed by atoms with E-state index in [9.17, 15) is 0 Å². The van der Waals surface area contributed by atoms with E-state index in [0.717, 1.165) is 12.0 Å². The number of rotatable bonds is 6. The van der Waals surface area contributed by atoms with Gasteiger partial charge in [-0.05, 0) is 31.5 Å². The fourth-order valence-corrected chi connectivity index (χ4v) is 4.63. The van der Waals surface area contributed by atoms with Gasteiger partial charge in [0.1, 0.15) is 16.1 Å². The van der Waals surface area contributed by atoms with Crippen LogP contribution in [0.5, 0.6) is 0 Å². The van der Waals surface area contributed by atoms with E-state index in [2.05, 4.69) is 116 Å². The molecule has 0 fully saturated rings. The van der Waals surface area contributed by atoms with Gasteiger partial charge in [-0.25, -0.2) is 0 Å². The van der Waals surface area contributed by atoms with Gasteiger partial charge in [-0.3, -0.25) is 0 Å². The average Bonchev–Trinajstić information content (AvgIpc) is 2.45. The van der Waals surface area contributed by atoms with Crippen molar-refractivity contribution in [3.8, 4) is 22.9 Å². The van der Waals surface area contributed by atoms with Crippen molar-refractivity contribution in [2.75, 3.05) is 0 Å². The smallest absolute Gasteiger partial charge is 0.192 e. The maximum absolute atomic E-state index is 6.68. The van der Waals surface area contributed by atoms with Crippen LogP contribution in [0.3, 0.4) is 0 Å². The second-order valence-corrected chi connectivity index (χ2v) is 25.6. The Hall–Kier alpha value is -0.789. The maximum atomic E-state index is 6.68. The van der Waals surface area contributed by atoms with Gasteiger partial charge in [-0.15, -0.1) is 17.7 Å². The first kappa shape index (κ1) is 27.2. The Balaban J connectivity index is 5.99. The highest BCUT2D eigenvalue weighted by Gasteiger charge is 2.39. The van der Waals surface area contributed by atoms with E-state index in [1.54, 1.807) is 0 Å². The van der Waals surface area contributed by atoms with Crippen LogP contribution in [0, 0.1) is 28.8 Å². The predicted octanol–water partition coefficient (Wildman–Crippen LogP) is 7.28. The molecule has 0 unspecified atom stereocenters. The molecule has 2 atom stereocenters. The molecule has 0 rings (SSSR count). The highest BCUT2D eigenvalue weighted by molar-refractivity contribution is 6.84. The quantitative estimate of drug-likeness (QED) is 0.243. The van der Waals surface area contributed by atoms with Gasteiger partial charge < -0.3 is 4.43 Å². The van der Waals surface area contributed by atoms with Crippen molar-refractivity contribution < 1.29 is 4.43 Å². The molecular formula is C24H44OSi3. The Morgan fingerprint density at radius 3 is 1.68 bits per heavy atom. The number of hydrogen-bond donors (Lipinski definition) is 0. The summed E-state index contributed by atoms with van der Waals surface area (Å²) in [4.78, 5) is 0. The van der Waals surface area contributed by atoms with Crippen LogP contribution in [-0.4, -0.2) is 30.6 Å². The summed E-state index contributed by atoms with van der Waals surface area (Å²) < 4.78 is 6.68. The normalized spacial score (nSPS) is 14.7. The molecule has 0 saturated carbocycles. The van der Waals surface area contributed by atoms with Crippen LogP contribution in [0.15, 0.2) is 24.3 Å². The van der Waals surface area contributed by atoms with Crippen LogP contribution >= 0.6 is 0 Å². The minimum Gasteiger partial charge on any atom is -0.414 e. The molecule has 1 nitrogen and oxygen atoms in total. The zero-order valence-electron chi connectivity index (χ0n) is 20.6. The van der Waals surface area contributed by atoms with Crippen molar-refractivity contribution >= 4 is 24.5 Å². The predicted molar refractivity (Wildman–Crippen MR) is 136 cm³/mol. The summed E-state index contributed by atoms with van der Waals surface area (Å²) in [7, 11) is -4.74. The summed E-state index contributed by atoms with van der Waals surface area (Å²) >= 11 is 0. The average molecular weight is 433 g/mol. The van der Waals surface area contributed by atoms with Gasteiger partial charge in [-0.1, -0.05) is 84.0 Å². The van der Waals surface area contributed by atoms with Crippen LogP contribution in [0.25, 0.3) is 0 Å². The Kier molecular flexibility index (Phi) is 10.0. The Morgan fingerprint density at radius 2 is 1.36 bits per heavy atom. The maximum Gasteiger partial charge on any atom is 0.192 e. The van der Waals surface area contributed by atoms with Crippen molar-refractivity contribution in [1.29, 1.82) is 0 Å². The topological polar surface area (TPSA) is 9.23 Å². The SMILES string of the molecule is C=CC[C@H](C=C(C#C[Si](C)(C)C)C#C[Si](C)(C)C)[C@H](C)O[Si](C)(C)C(C)(C)C. The molecule has 0 saturated heterocycles. The van der Waals surface area contributed by atoms with Gasteiger partial charge in [0.2, 0.25) is 0 Å². The van der Waals surface area contributed by atoms with Gasteiger partial charge in [-0.2, -0.15) is 0 Å². The minimum absolute atomic E-state index is 0.122. The molecule has 0 aromatic carbocycles. The van der Waals surface area contributed by atoms with Crippen molar-refractivity contribution in [3.05, 3.63) is 24.3 Å². The van der Waals surface area contributed by atoms with Gasteiger partial charge in [0, 0.05) is 12.0 Å². The van der Waals surface area contributed by atoms with Crippen LogP contribution in [0.4, 0.5) is 0 Å². The lowest BCUT2D eigenvalue weighted by atomic mass is 9.97. The lowest BCUT2D eigenvalue weighted by Gasteiger charge is -2.40. The molecule has 0 aliphatic rings. The van der Waals surface area contributed by atoms with E-state index in [1.807, 2.05) is 6.08 Å². The lowest BCUT2D eigenvalue weighted by Crippen LogP contribution is -2.44. The highest BCUT2D eigenvalue weighted by Crippen LogP contribution is 2.38. The fraction of sp³-hybridized carbons (Fsp3) is 0.667. The van der Waals surface area contributed by atoms with Crippen molar-refractivity contribution in [2.24, 2.45) is 5.92 Å². The first-order valence-electron chi connectivity index (χ1n) is 10.4. The minimum atomic E-state index is -1.83. The standard InChI is InChI=1S/C24H44OSi3/c1-14-15-23(21(2)25-28(12,13)24(3,4)5)20-22(16-18-26(6,7)8)17-19-27(9,10)11/h14,20-21,23H,1,15H2,2-13H3/t21-,23+/m0/s1. The zero-order chi connectivity index (χ0) is 22.4. The first-order chi connectivity index (χ1) is 12.4. The molecule has 158 valence electrons. The summed E-state index contributed by atoms with van der Waals surface area (Å²) in [5.74, 6) is 7.07. The van der Waals surface area contributed by atoms with Crippen molar-refractivity contribution in [1.82, 2.24) is 0 Å². The largest absolute Gasteiger partial charge is 0.414 e. The van der Waals surface area contributed by atoms with E-state index in [0.29, 0.717) is 0 Å². The zero-order valence-corrected chi connectivity index (χ0v) is 23.6. The molecule has 0 amide bonds. The molecule has 0 radical (unpaired) electrons. The summed E-state index contributed by atoms with van der Waals surface area (Å²) in [6.07, 6.45) is 5.24. The number of allylic oxidation sites excluding steroid dienone is 2.